The van der Waals surface area contributed by atoms with Crippen molar-refractivity contribution in [3.63, 3.8) is 0 Å². The number of carboxylic acid groups (broad SMARTS) is 2. The number of ether oxygens (including phenoxy) is 6. The molecule has 0 radical (unpaired) electrons. The normalized spacial score (nSPS) is 27.5. The van der Waals surface area contributed by atoms with Crippen molar-refractivity contribution in [2.45, 2.75) is 128 Å². The average molecular weight is 1100 g/mol. The summed E-state index contributed by atoms with van der Waals surface area (Å²) in [5, 5.41) is 49.7. The number of ketones is 1. The van der Waals surface area contributed by atoms with E-state index in [2.05, 4.69) is 10.6 Å². The molecule has 1 aliphatic heterocycles. The second-order valence-electron chi connectivity index (χ2n) is 20.8. The van der Waals surface area contributed by atoms with Gasteiger partial charge in [-0.3, -0.25) is 33.6 Å². The van der Waals surface area contributed by atoms with E-state index in [-0.39, 0.29) is 47.2 Å². The molecule has 11 atom stereocenters. The molecule has 1 saturated heterocycles. The highest BCUT2D eigenvalue weighted by molar-refractivity contribution is 6.00. The Morgan fingerprint density at radius 2 is 1.43 bits per heavy atom. The van der Waals surface area contributed by atoms with Crippen LogP contribution in [-0.4, -0.2) is 141 Å². The number of aliphatic hydroxyl groups excluding tert-OH is 1. The van der Waals surface area contributed by atoms with Crippen LogP contribution in [0.25, 0.3) is 0 Å². The lowest BCUT2D eigenvalue weighted by molar-refractivity contribution is -0.346. The number of esters is 5. The van der Waals surface area contributed by atoms with Crippen LogP contribution < -0.4 is 10.6 Å². The molecule has 3 aliphatic carbocycles. The molecule has 2 bridgehead atoms. The number of nitrogens with one attached hydrogen (secondary N) is 2. The summed E-state index contributed by atoms with van der Waals surface area (Å²) in [6.07, 6.45) is -12.4. The molecule has 0 spiro atoms. The fourth-order valence-electron chi connectivity index (χ4n) is 11.5. The Labute approximate surface area is 453 Å². The number of amides is 2. The van der Waals surface area contributed by atoms with Crippen molar-refractivity contribution in [2.75, 3.05) is 13.2 Å². The fourth-order valence-corrected chi connectivity index (χ4v) is 11.5. The molecule has 1 heterocycles. The van der Waals surface area contributed by atoms with E-state index in [0.29, 0.717) is 6.08 Å². The standard InChI is InChI=1S/C57H62N2O20/c1-30-37(76-53(72)46(44(33-17-10-7-11-18-33)59-50(68)34-19-12-8-13-20-34)77-42(66)23-16-24-58-40(63)25-36(51(69)70)26-41(64)65)28-57(73)49(78-52(71)35-21-14-9-15-22-35)47-55(6,38(62)27-39-56(47,29-74-39)79-32(3)61)48(67)45(75-31(2)60)43(30)54(57,4)5/h7-15,17-22,25,37-39,44-47,49,62,73H,16,23-24,26-29H2,1-6H3,(H,58,63)(H,59,68)(H,64,65)(H,69,70)/t37-,38-,39+,44-,45?,46+,47-,49-,55?,56-,57+/m0/s1. The number of carbonyl (C=O) groups excluding carboxylic acids is 8. The predicted octanol–water partition coefficient (Wildman–Crippen LogP) is 3.67. The number of benzene rings is 3. The zero-order valence-corrected chi connectivity index (χ0v) is 44.1. The van der Waals surface area contributed by atoms with Crippen molar-refractivity contribution in [2.24, 2.45) is 16.7 Å². The number of hydrogen-bond acceptors (Lipinski definition) is 18. The minimum absolute atomic E-state index is 0.00161. The van der Waals surface area contributed by atoms with E-state index in [1.807, 2.05) is 0 Å². The van der Waals surface area contributed by atoms with Crippen LogP contribution in [0.5, 0.6) is 0 Å². The van der Waals surface area contributed by atoms with Gasteiger partial charge in [-0.05, 0) is 61.2 Å². The lowest BCUT2D eigenvalue weighted by Crippen LogP contribution is -2.82. The molecule has 3 fully saturated rings. The molecule has 3 aromatic rings. The fraction of sp³-hybridized carbons (Fsp3) is 0.439. The molecular weight excluding hydrogens is 1030 g/mol. The van der Waals surface area contributed by atoms with Crippen LogP contribution in [0.4, 0.5) is 0 Å². The SMILES string of the molecule is CC(=O)OC1C(=O)C2(C)[C@@H](O)C[C@H]3OC[C@@]3(OC(C)=O)[C@H]2[C@H](OC(=O)c2ccccc2)[C@]2(O)C[C@H](OC(=O)[C@H](OC(=O)CCCNC(=O)C=C(CC(=O)O)C(=O)O)[C@@H](NC(=O)c3ccccc3)c3ccccc3)C(C)=C1C2(C)C. The third-order valence-electron chi connectivity index (χ3n) is 15.5. The molecular formula is C57H62N2O20. The number of carbonyl (C=O) groups is 10. The molecule has 3 aromatic carbocycles. The number of aliphatic hydroxyl groups is 2. The molecule has 7 rings (SSSR count). The predicted molar refractivity (Wildman–Crippen MR) is 272 cm³/mol. The number of Topliss-reactive ketones (excluding diaryl/α,β-unsaturated/α-hetero) is 1. The smallest absolute Gasteiger partial charge is 0.350 e. The average Bonchev–Trinajstić information content (AvgIpc) is 1.74. The van der Waals surface area contributed by atoms with E-state index in [0.717, 1.165) is 13.8 Å². The van der Waals surface area contributed by atoms with Gasteiger partial charge in [0.05, 0.1) is 41.6 Å². The van der Waals surface area contributed by atoms with Gasteiger partial charge in [0.2, 0.25) is 12.0 Å². The monoisotopic (exact) mass is 1090 g/mol. The molecule has 22 heteroatoms. The Kier molecular flexibility index (Phi) is 17.4. The van der Waals surface area contributed by atoms with Gasteiger partial charge in [-0.25, -0.2) is 14.4 Å². The highest BCUT2D eigenvalue weighted by Gasteiger charge is 2.78. The lowest BCUT2D eigenvalue weighted by Gasteiger charge is -2.67. The second-order valence-corrected chi connectivity index (χ2v) is 20.8. The summed E-state index contributed by atoms with van der Waals surface area (Å²) < 4.78 is 36.7. The zero-order chi connectivity index (χ0) is 57.8. The van der Waals surface area contributed by atoms with E-state index in [9.17, 15) is 53.7 Å². The number of rotatable bonds is 19. The highest BCUT2D eigenvalue weighted by atomic mass is 16.6. The molecule has 0 aromatic heterocycles. The molecule has 6 N–H and O–H groups in total. The van der Waals surface area contributed by atoms with Gasteiger partial charge in [0.25, 0.3) is 5.91 Å². The molecule has 79 heavy (non-hydrogen) atoms. The number of hydrogen-bond donors (Lipinski definition) is 6. The first-order chi connectivity index (χ1) is 37.3. The molecule has 2 amide bonds. The largest absolute Gasteiger partial charge is 0.481 e. The summed E-state index contributed by atoms with van der Waals surface area (Å²) >= 11 is 0. The molecule has 2 saturated carbocycles. The summed E-state index contributed by atoms with van der Waals surface area (Å²) in [6.45, 7) is 7.29. The van der Waals surface area contributed by atoms with Crippen LogP contribution in [-0.2, 0) is 66.8 Å². The summed E-state index contributed by atoms with van der Waals surface area (Å²) in [4.78, 5) is 135. The maximum absolute atomic E-state index is 15.8. The van der Waals surface area contributed by atoms with Crippen LogP contribution >= 0.6 is 0 Å². The summed E-state index contributed by atoms with van der Waals surface area (Å²) in [5.74, 6) is -12.7. The van der Waals surface area contributed by atoms with Crippen LogP contribution in [0.3, 0.4) is 0 Å². The Morgan fingerprint density at radius 1 is 0.823 bits per heavy atom. The first-order valence-corrected chi connectivity index (χ1v) is 25.4. The third-order valence-corrected chi connectivity index (χ3v) is 15.5. The lowest BCUT2D eigenvalue weighted by atomic mass is 9.44. The van der Waals surface area contributed by atoms with Crippen LogP contribution in [0.15, 0.2) is 114 Å². The molecule has 22 nitrogen and oxygen atoms in total. The zero-order valence-electron chi connectivity index (χ0n) is 44.1. The maximum atomic E-state index is 15.8. The van der Waals surface area contributed by atoms with Gasteiger partial charge in [-0.15, -0.1) is 0 Å². The van der Waals surface area contributed by atoms with Crippen molar-refractivity contribution in [1.29, 1.82) is 0 Å². The maximum Gasteiger partial charge on any atom is 0.350 e. The van der Waals surface area contributed by atoms with Gasteiger partial charge >= 0.3 is 41.8 Å². The number of aliphatic carboxylic acids is 2. The summed E-state index contributed by atoms with van der Waals surface area (Å²) in [7, 11) is 0. The van der Waals surface area contributed by atoms with Gasteiger partial charge in [0.1, 0.15) is 30.0 Å². The Morgan fingerprint density at radius 3 is 1.99 bits per heavy atom. The van der Waals surface area contributed by atoms with Gasteiger partial charge in [0.15, 0.2) is 17.5 Å². The van der Waals surface area contributed by atoms with Crippen molar-refractivity contribution >= 4 is 59.4 Å². The van der Waals surface area contributed by atoms with Crippen LogP contribution in [0, 0.1) is 16.7 Å². The summed E-state index contributed by atoms with van der Waals surface area (Å²) in [5.41, 5.74) is -8.77. The van der Waals surface area contributed by atoms with E-state index in [1.54, 1.807) is 54.6 Å². The van der Waals surface area contributed by atoms with E-state index < -0.39 is 161 Å². The highest BCUT2D eigenvalue weighted by Crippen LogP contribution is 2.64. The Hall–Kier alpha value is -8.08. The van der Waals surface area contributed by atoms with Gasteiger partial charge in [-0.1, -0.05) is 80.6 Å². The van der Waals surface area contributed by atoms with Gasteiger partial charge < -0.3 is 59.5 Å². The summed E-state index contributed by atoms with van der Waals surface area (Å²) in [6, 6.07) is 21.8. The minimum atomic E-state index is -2.54. The van der Waals surface area contributed by atoms with Crippen molar-refractivity contribution in [1.82, 2.24) is 10.6 Å². The van der Waals surface area contributed by atoms with E-state index >= 15 is 9.59 Å². The molecule has 420 valence electrons. The minimum Gasteiger partial charge on any atom is -0.481 e. The molecule has 2 unspecified atom stereocenters. The van der Waals surface area contributed by atoms with E-state index in [1.165, 1.54) is 64.1 Å². The Balaban J connectivity index is 1.34. The topological polar surface area (TPSA) is 331 Å². The van der Waals surface area contributed by atoms with E-state index in [4.69, 9.17) is 33.5 Å². The number of carboxylic acids is 2. The number of fused-ring (bicyclic) bond motifs is 5. The molecule has 4 aliphatic rings. The first kappa shape index (κ1) is 58.6. The second kappa shape index (κ2) is 23.5. The van der Waals surface area contributed by atoms with Gasteiger partial charge in [-0.2, -0.15) is 0 Å². The quantitative estimate of drug-likeness (QED) is 0.0328. The first-order valence-electron chi connectivity index (χ1n) is 25.4. The van der Waals surface area contributed by atoms with Crippen molar-refractivity contribution in [3.8, 4) is 0 Å². The third kappa shape index (κ3) is 11.7. The Bertz CT molecular complexity index is 2960. The van der Waals surface area contributed by atoms with Crippen LogP contribution in [0.2, 0.25) is 0 Å². The van der Waals surface area contributed by atoms with Crippen molar-refractivity contribution < 1.29 is 96.8 Å². The van der Waals surface area contributed by atoms with Gasteiger partial charge in [0, 0.05) is 56.7 Å². The van der Waals surface area contributed by atoms with Crippen LogP contribution in [0.1, 0.15) is 106 Å². The van der Waals surface area contributed by atoms with Crippen molar-refractivity contribution in [3.05, 3.63) is 130 Å².